The molecule has 0 saturated carbocycles. The van der Waals surface area contributed by atoms with Gasteiger partial charge in [-0.15, -0.1) is 24.0 Å². The number of methoxy groups -OCH3 is 1. The molecule has 5 nitrogen and oxygen atoms in total. The molecule has 1 heterocycles. The third-order valence-electron chi connectivity index (χ3n) is 3.92. The van der Waals surface area contributed by atoms with E-state index in [1.165, 1.54) is 12.8 Å². The zero-order valence-electron chi connectivity index (χ0n) is 14.0. The Kier molecular flexibility index (Phi) is 9.31. The van der Waals surface area contributed by atoms with Crippen molar-refractivity contribution in [1.82, 2.24) is 4.90 Å². The van der Waals surface area contributed by atoms with Crippen LogP contribution in [0.25, 0.3) is 0 Å². The van der Waals surface area contributed by atoms with Crippen molar-refractivity contribution in [2.24, 2.45) is 16.6 Å². The molecule has 2 rings (SSSR count). The minimum Gasteiger partial charge on any atom is -0.497 e. The zero-order valence-corrected chi connectivity index (χ0v) is 16.4. The lowest BCUT2D eigenvalue weighted by atomic mass is 10.0. The van der Waals surface area contributed by atoms with E-state index < -0.39 is 0 Å². The van der Waals surface area contributed by atoms with E-state index in [0.29, 0.717) is 31.6 Å². The van der Waals surface area contributed by atoms with Crippen molar-refractivity contribution in [2.45, 2.75) is 26.4 Å². The van der Waals surface area contributed by atoms with E-state index in [1.54, 1.807) is 7.11 Å². The fourth-order valence-electron chi connectivity index (χ4n) is 2.63. The van der Waals surface area contributed by atoms with Crippen molar-refractivity contribution in [3.05, 3.63) is 29.8 Å². The molecule has 1 saturated heterocycles. The number of piperidine rings is 1. The normalized spacial score (nSPS) is 18.4. The minimum atomic E-state index is 0. The predicted octanol–water partition coefficient (Wildman–Crippen LogP) is 2.88. The molecule has 23 heavy (non-hydrogen) atoms. The van der Waals surface area contributed by atoms with E-state index in [0.717, 1.165) is 24.4 Å². The van der Waals surface area contributed by atoms with Crippen molar-refractivity contribution in [3.63, 3.8) is 0 Å². The van der Waals surface area contributed by atoms with Crippen LogP contribution in [0.5, 0.6) is 5.75 Å². The van der Waals surface area contributed by atoms with Crippen LogP contribution in [0.2, 0.25) is 0 Å². The van der Waals surface area contributed by atoms with E-state index in [9.17, 15) is 0 Å². The summed E-state index contributed by atoms with van der Waals surface area (Å²) in [4.78, 5) is 6.59. The van der Waals surface area contributed by atoms with E-state index in [1.807, 2.05) is 24.3 Å². The standard InChI is InChI=1S/C17H27N3O2.HI/c1-14-4-3-10-20(12-14)17(18)19-9-11-22-13-15-5-7-16(21-2)8-6-15;/h5-8,14H,3-4,9-13H2,1-2H3,(H2,18,19);1H. The molecule has 0 aromatic heterocycles. The van der Waals surface area contributed by atoms with Gasteiger partial charge in [0, 0.05) is 13.1 Å². The number of hydrogen-bond acceptors (Lipinski definition) is 3. The SMILES string of the molecule is COc1ccc(COCCN=C(N)N2CCCC(C)C2)cc1.I. The molecule has 0 spiro atoms. The van der Waals surface area contributed by atoms with Crippen molar-refractivity contribution >= 4 is 29.9 Å². The Morgan fingerprint density at radius 2 is 2.09 bits per heavy atom. The third kappa shape index (κ3) is 6.95. The smallest absolute Gasteiger partial charge is 0.191 e. The largest absolute Gasteiger partial charge is 0.497 e. The Morgan fingerprint density at radius 1 is 1.35 bits per heavy atom. The van der Waals surface area contributed by atoms with Gasteiger partial charge >= 0.3 is 0 Å². The molecular formula is C17H28IN3O2. The number of nitrogens with two attached hydrogens (primary N) is 1. The molecule has 2 N–H and O–H groups in total. The van der Waals surface area contributed by atoms with Gasteiger partial charge in [0.15, 0.2) is 5.96 Å². The second-order valence-corrected chi connectivity index (χ2v) is 5.83. The molecule has 0 bridgehead atoms. The number of hydrogen-bond donors (Lipinski definition) is 1. The fourth-order valence-corrected chi connectivity index (χ4v) is 2.63. The second-order valence-electron chi connectivity index (χ2n) is 5.83. The van der Waals surface area contributed by atoms with Crippen LogP contribution in [-0.2, 0) is 11.3 Å². The summed E-state index contributed by atoms with van der Waals surface area (Å²) in [6.07, 6.45) is 2.49. The van der Waals surface area contributed by atoms with Crippen LogP contribution >= 0.6 is 24.0 Å². The van der Waals surface area contributed by atoms with E-state index in [2.05, 4.69) is 16.8 Å². The van der Waals surface area contributed by atoms with Gasteiger partial charge in [0.1, 0.15) is 5.75 Å². The number of ether oxygens (including phenoxy) is 2. The highest BCUT2D eigenvalue weighted by Gasteiger charge is 2.17. The lowest BCUT2D eigenvalue weighted by molar-refractivity contribution is 0.128. The molecule has 1 aromatic carbocycles. The Labute approximate surface area is 156 Å². The molecule has 6 heteroatoms. The van der Waals surface area contributed by atoms with Gasteiger partial charge in [-0.05, 0) is 36.5 Å². The molecule has 1 aromatic rings. The summed E-state index contributed by atoms with van der Waals surface area (Å²) in [5, 5.41) is 0. The van der Waals surface area contributed by atoms with Crippen LogP contribution in [0, 0.1) is 5.92 Å². The molecular weight excluding hydrogens is 405 g/mol. The molecule has 0 radical (unpaired) electrons. The molecule has 0 aliphatic carbocycles. The topological polar surface area (TPSA) is 60.1 Å². The molecule has 1 atom stereocenters. The van der Waals surface area contributed by atoms with Gasteiger partial charge in [0.05, 0.1) is 26.9 Å². The highest BCUT2D eigenvalue weighted by molar-refractivity contribution is 14.0. The van der Waals surface area contributed by atoms with Gasteiger partial charge in [0.2, 0.25) is 0 Å². The number of aliphatic imine (C=N–C) groups is 1. The van der Waals surface area contributed by atoms with Gasteiger partial charge in [0.25, 0.3) is 0 Å². The molecule has 1 unspecified atom stereocenters. The monoisotopic (exact) mass is 433 g/mol. The maximum atomic E-state index is 6.04. The number of likely N-dealkylation sites (tertiary alicyclic amines) is 1. The lowest BCUT2D eigenvalue weighted by Gasteiger charge is -2.31. The van der Waals surface area contributed by atoms with Crippen LogP contribution in [0.3, 0.4) is 0 Å². The van der Waals surface area contributed by atoms with Gasteiger partial charge in [-0.3, -0.25) is 4.99 Å². The first-order chi connectivity index (χ1) is 10.7. The highest BCUT2D eigenvalue weighted by Crippen LogP contribution is 2.15. The molecule has 1 aliphatic heterocycles. The number of halogens is 1. The van der Waals surface area contributed by atoms with Crippen LogP contribution in [0.1, 0.15) is 25.3 Å². The average Bonchev–Trinajstić information content (AvgIpc) is 2.55. The van der Waals surface area contributed by atoms with Gasteiger partial charge in [-0.1, -0.05) is 19.1 Å². The summed E-state index contributed by atoms with van der Waals surface area (Å²) >= 11 is 0. The zero-order chi connectivity index (χ0) is 15.8. The van der Waals surface area contributed by atoms with Crippen molar-refractivity contribution in [1.29, 1.82) is 0 Å². The number of nitrogens with zero attached hydrogens (tertiary/aromatic N) is 2. The Morgan fingerprint density at radius 3 is 2.74 bits per heavy atom. The summed E-state index contributed by atoms with van der Waals surface area (Å²) < 4.78 is 10.8. The van der Waals surface area contributed by atoms with Gasteiger partial charge in [-0.2, -0.15) is 0 Å². The molecule has 1 fully saturated rings. The Bertz CT molecular complexity index is 479. The summed E-state index contributed by atoms with van der Waals surface area (Å²) in [5.74, 6) is 2.21. The van der Waals surface area contributed by atoms with Crippen LogP contribution < -0.4 is 10.5 Å². The summed E-state index contributed by atoms with van der Waals surface area (Å²) in [5.41, 5.74) is 7.17. The van der Waals surface area contributed by atoms with Crippen LogP contribution in [0.15, 0.2) is 29.3 Å². The average molecular weight is 433 g/mol. The maximum absolute atomic E-state index is 6.04. The first-order valence-corrected chi connectivity index (χ1v) is 7.94. The summed E-state index contributed by atoms with van der Waals surface area (Å²) in [6, 6.07) is 7.88. The highest BCUT2D eigenvalue weighted by atomic mass is 127. The van der Waals surface area contributed by atoms with Crippen molar-refractivity contribution < 1.29 is 9.47 Å². The summed E-state index contributed by atoms with van der Waals surface area (Å²) in [7, 11) is 1.66. The van der Waals surface area contributed by atoms with E-state index >= 15 is 0 Å². The first-order valence-electron chi connectivity index (χ1n) is 7.94. The predicted molar refractivity (Wildman–Crippen MR) is 105 cm³/mol. The number of rotatable bonds is 6. The lowest BCUT2D eigenvalue weighted by Crippen LogP contribution is -2.43. The number of benzene rings is 1. The number of guanidine groups is 1. The maximum Gasteiger partial charge on any atom is 0.191 e. The third-order valence-corrected chi connectivity index (χ3v) is 3.92. The van der Waals surface area contributed by atoms with Gasteiger partial charge < -0.3 is 20.1 Å². The van der Waals surface area contributed by atoms with Crippen LogP contribution in [0.4, 0.5) is 0 Å². The first kappa shape index (κ1) is 20.0. The van der Waals surface area contributed by atoms with Crippen LogP contribution in [-0.4, -0.2) is 44.2 Å². The molecule has 130 valence electrons. The van der Waals surface area contributed by atoms with E-state index in [4.69, 9.17) is 15.2 Å². The Balaban J connectivity index is 0.00000264. The second kappa shape index (κ2) is 10.7. The Hall–Kier alpha value is -1.02. The molecule has 1 aliphatic rings. The van der Waals surface area contributed by atoms with E-state index in [-0.39, 0.29) is 24.0 Å². The quantitative estimate of drug-likeness (QED) is 0.325. The van der Waals surface area contributed by atoms with Crippen molar-refractivity contribution in [2.75, 3.05) is 33.4 Å². The van der Waals surface area contributed by atoms with Crippen molar-refractivity contribution in [3.8, 4) is 5.75 Å². The molecule has 0 amide bonds. The minimum absolute atomic E-state index is 0. The van der Waals surface area contributed by atoms with Gasteiger partial charge in [-0.25, -0.2) is 0 Å². The summed E-state index contributed by atoms with van der Waals surface area (Å²) in [6.45, 7) is 6.06. The fraction of sp³-hybridized carbons (Fsp3) is 0.588.